The number of likely N-dealkylation sites (tertiary alicyclic amines) is 1. The molecule has 0 saturated carbocycles. The van der Waals surface area contributed by atoms with Crippen LogP contribution in [0.3, 0.4) is 0 Å². The number of piperidine rings is 1. The molecule has 1 aromatic carbocycles. The molecule has 1 aliphatic rings. The monoisotopic (exact) mass is 317 g/mol. The molecule has 1 fully saturated rings. The number of aliphatic hydroxyl groups is 1. The van der Waals surface area contributed by atoms with Crippen molar-refractivity contribution in [2.24, 2.45) is 5.92 Å². The third-order valence-corrected chi connectivity index (χ3v) is 4.32. The zero-order chi connectivity index (χ0) is 16.2. The van der Waals surface area contributed by atoms with Crippen molar-refractivity contribution in [1.82, 2.24) is 14.6 Å². The minimum atomic E-state index is -0.625. The normalized spacial score (nSPS) is 20.5. The van der Waals surface area contributed by atoms with Crippen molar-refractivity contribution in [2.75, 3.05) is 19.6 Å². The lowest BCUT2D eigenvalue weighted by molar-refractivity contribution is 0.0756. The minimum absolute atomic E-state index is 0.192. The van der Waals surface area contributed by atoms with Crippen molar-refractivity contribution >= 4 is 0 Å². The van der Waals surface area contributed by atoms with E-state index >= 15 is 0 Å². The lowest BCUT2D eigenvalue weighted by Gasteiger charge is -2.32. The molecule has 2 atom stereocenters. The van der Waals surface area contributed by atoms with Crippen LogP contribution in [0.2, 0.25) is 0 Å². The van der Waals surface area contributed by atoms with E-state index in [1.54, 1.807) is 0 Å². The van der Waals surface area contributed by atoms with Gasteiger partial charge in [-0.1, -0.05) is 42.4 Å². The molecule has 0 radical (unpaired) electrons. The van der Waals surface area contributed by atoms with Crippen molar-refractivity contribution in [1.29, 1.82) is 0 Å². The van der Waals surface area contributed by atoms with Crippen LogP contribution < -0.4 is 5.76 Å². The van der Waals surface area contributed by atoms with Crippen molar-refractivity contribution in [3.63, 3.8) is 0 Å². The van der Waals surface area contributed by atoms with E-state index in [0.29, 0.717) is 18.3 Å². The van der Waals surface area contributed by atoms with Gasteiger partial charge in [0.15, 0.2) is 5.82 Å². The maximum Gasteiger partial charge on any atom is 0.441 e. The number of hydrogen-bond donors (Lipinski definition) is 1. The van der Waals surface area contributed by atoms with Crippen LogP contribution in [0.1, 0.15) is 19.8 Å². The second-order valence-electron chi connectivity index (χ2n) is 6.41. The van der Waals surface area contributed by atoms with E-state index < -0.39 is 11.9 Å². The van der Waals surface area contributed by atoms with E-state index in [9.17, 15) is 9.90 Å². The zero-order valence-electron chi connectivity index (χ0n) is 13.4. The van der Waals surface area contributed by atoms with E-state index in [2.05, 4.69) is 17.0 Å². The summed E-state index contributed by atoms with van der Waals surface area (Å²) in [5.74, 6) is 0.589. The standard InChI is InChI=1S/C17H23N3O3/c1-13-6-5-9-19(10-13)11-15(21)12-20-16(18-23-17(20)22)14-7-3-2-4-8-14/h2-4,7-8,13,15,21H,5-6,9-12H2,1H3/t13-,15-/m0/s1. The molecule has 23 heavy (non-hydrogen) atoms. The quantitative estimate of drug-likeness (QED) is 0.907. The van der Waals surface area contributed by atoms with Crippen molar-refractivity contribution < 1.29 is 9.63 Å². The molecule has 2 heterocycles. The molecular formula is C17H23N3O3. The number of benzene rings is 1. The first-order valence-corrected chi connectivity index (χ1v) is 8.16. The van der Waals surface area contributed by atoms with Crippen LogP contribution in [0, 0.1) is 5.92 Å². The fraction of sp³-hybridized carbons (Fsp3) is 0.529. The number of β-amino-alcohol motifs (C(OH)–C–C–N with tert-alkyl or cyclic N) is 1. The van der Waals surface area contributed by atoms with Gasteiger partial charge in [-0.3, -0.25) is 9.09 Å². The number of nitrogens with zero attached hydrogens (tertiary/aromatic N) is 3. The second-order valence-corrected chi connectivity index (χ2v) is 6.41. The maximum atomic E-state index is 11.9. The Morgan fingerprint density at radius 3 is 2.87 bits per heavy atom. The fourth-order valence-corrected chi connectivity index (χ4v) is 3.24. The molecular weight excluding hydrogens is 294 g/mol. The van der Waals surface area contributed by atoms with Crippen LogP contribution in [0.25, 0.3) is 11.4 Å². The SMILES string of the molecule is C[C@H]1CCCN(C[C@H](O)Cn2c(-c3ccccc3)noc2=O)C1. The lowest BCUT2D eigenvalue weighted by atomic mass is 10.00. The highest BCUT2D eigenvalue weighted by Crippen LogP contribution is 2.17. The molecule has 3 rings (SSSR count). The Kier molecular flexibility index (Phi) is 4.93. The average Bonchev–Trinajstić information content (AvgIpc) is 2.89. The van der Waals surface area contributed by atoms with Gasteiger partial charge in [-0.15, -0.1) is 0 Å². The average molecular weight is 317 g/mol. The Labute approximate surface area is 135 Å². The van der Waals surface area contributed by atoms with E-state index in [4.69, 9.17) is 4.52 Å². The molecule has 6 heteroatoms. The van der Waals surface area contributed by atoms with Gasteiger partial charge in [0.05, 0.1) is 12.6 Å². The van der Waals surface area contributed by atoms with Gasteiger partial charge in [0, 0.05) is 18.7 Å². The number of aromatic nitrogens is 2. The Balaban J connectivity index is 1.70. The summed E-state index contributed by atoms with van der Waals surface area (Å²) in [7, 11) is 0. The van der Waals surface area contributed by atoms with Crippen molar-refractivity contribution in [2.45, 2.75) is 32.4 Å². The molecule has 0 aliphatic carbocycles. The summed E-state index contributed by atoms with van der Waals surface area (Å²) in [6.07, 6.45) is 1.78. The first kappa shape index (κ1) is 16.0. The Hall–Kier alpha value is -1.92. The highest BCUT2D eigenvalue weighted by atomic mass is 16.5. The fourth-order valence-electron chi connectivity index (χ4n) is 3.24. The van der Waals surface area contributed by atoms with Crippen LogP contribution in [0.15, 0.2) is 39.6 Å². The Bertz CT molecular complexity index is 680. The molecule has 0 amide bonds. The molecule has 0 spiro atoms. The smallest absolute Gasteiger partial charge is 0.390 e. The zero-order valence-corrected chi connectivity index (χ0v) is 13.4. The van der Waals surface area contributed by atoms with Crippen LogP contribution in [-0.4, -0.2) is 45.5 Å². The summed E-state index contributed by atoms with van der Waals surface area (Å²) in [6, 6.07) is 9.39. The van der Waals surface area contributed by atoms with E-state index in [0.717, 1.165) is 25.1 Å². The Morgan fingerprint density at radius 2 is 2.13 bits per heavy atom. The summed E-state index contributed by atoms with van der Waals surface area (Å²) in [4.78, 5) is 14.2. The summed E-state index contributed by atoms with van der Waals surface area (Å²) in [5.41, 5.74) is 0.803. The highest BCUT2D eigenvalue weighted by molar-refractivity contribution is 5.54. The highest BCUT2D eigenvalue weighted by Gasteiger charge is 2.21. The second kappa shape index (κ2) is 7.10. The summed E-state index contributed by atoms with van der Waals surface area (Å²) < 4.78 is 6.20. The van der Waals surface area contributed by atoms with Gasteiger partial charge >= 0.3 is 5.76 Å². The molecule has 0 bridgehead atoms. The molecule has 1 aromatic heterocycles. The Morgan fingerprint density at radius 1 is 1.35 bits per heavy atom. The molecule has 1 aliphatic heterocycles. The molecule has 2 aromatic rings. The molecule has 1 N–H and O–H groups in total. The van der Waals surface area contributed by atoms with Crippen LogP contribution in [0.5, 0.6) is 0 Å². The maximum absolute atomic E-state index is 11.9. The third-order valence-electron chi connectivity index (χ3n) is 4.32. The predicted molar refractivity (Wildman–Crippen MR) is 87.0 cm³/mol. The number of rotatable bonds is 5. The first-order valence-electron chi connectivity index (χ1n) is 8.16. The topological polar surface area (TPSA) is 71.5 Å². The largest absolute Gasteiger partial charge is 0.441 e. The van der Waals surface area contributed by atoms with Crippen LogP contribution >= 0.6 is 0 Å². The van der Waals surface area contributed by atoms with Crippen LogP contribution in [0.4, 0.5) is 0 Å². The van der Waals surface area contributed by atoms with Crippen molar-refractivity contribution in [3.8, 4) is 11.4 Å². The third kappa shape index (κ3) is 3.89. The summed E-state index contributed by atoms with van der Waals surface area (Å²) in [5, 5.41) is 14.2. The van der Waals surface area contributed by atoms with Gasteiger partial charge in [0.2, 0.25) is 0 Å². The molecule has 1 saturated heterocycles. The van der Waals surface area contributed by atoms with E-state index in [1.807, 2.05) is 30.3 Å². The molecule has 6 nitrogen and oxygen atoms in total. The van der Waals surface area contributed by atoms with Gasteiger partial charge in [-0.25, -0.2) is 4.79 Å². The number of aliphatic hydroxyl groups excluding tert-OH is 1. The summed E-state index contributed by atoms with van der Waals surface area (Å²) in [6.45, 7) is 5.00. The minimum Gasteiger partial charge on any atom is -0.390 e. The molecule has 124 valence electrons. The van der Waals surface area contributed by atoms with Gasteiger partial charge in [-0.05, 0) is 25.3 Å². The number of hydrogen-bond acceptors (Lipinski definition) is 5. The molecule has 0 unspecified atom stereocenters. The predicted octanol–water partition coefficient (Wildman–Crippen LogP) is 1.60. The van der Waals surface area contributed by atoms with Gasteiger partial charge in [0.25, 0.3) is 0 Å². The van der Waals surface area contributed by atoms with Crippen LogP contribution in [-0.2, 0) is 6.54 Å². The first-order chi connectivity index (χ1) is 11.1. The van der Waals surface area contributed by atoms with Gasteiger partial charge in [0.1, 0.15) is 0 Å². The summed E-state index contributed by atoms with van der Waals surface area (Å²) >= 11 is 0. The van der Waals surface area contributed by atoms with Gasteiger partial charge in [-0.2, -0.15) is 0 Å². The lowest BCUT2D eigenvalue weighted by Crippen LogP contribution is -2.41. The van der Waals surface area contributed by atoms with Crippen molar-refractivity contribution in [3.05, 3.63) is 40.9 Å². The van der Waals surface area contributed by atoms with E-state index in [1.165, 1.54) is 11.0 Å². The van der Waals surface area contributed by atoms with Gasteiger partial charge < -0.3 is 10.0 Å². The van der Waals surface area contributed by atoms with E-state index in [-0.39, 0.29) is 6.54 Å².